The lowest BCUT2D eigenvalue weighted by atomic mass is 10.1. The van der Waals surface area contributed by atoms with Crippen LogP contribution in [0.15, 0.2) is 24.3 Å². The molecule has 2 N–H and O–H groups in total. The maximum absolute atomic E-state index is 11.6. The molecule has 112 valence electrons. The minimum absolute atomic E-state index is 0.0813. The average Bonchev–Trinajstić information content (AvgIpc) is 2.38. The molecule has 0 aliphatic heterocycles. The number of hydrogen-bond donors (Lipinski definition) is 2. The fraction of sp³-hybridized carbons (Fsp3) is 0.562. The van der Waals surface area contributed by atoms with Crippen molar-refractivity contribution in [3.8, 4) is 5.75 Å². The van der Waals surface area contributed by atoms with Gasteiger partial charge in [0.15, 0.2) is 0 Å². The summed E-state index contributed by atoms with van der Waals surface area (Å²) in [6.45, 7) is 9.29. The van der Waals surface area contributed by atoms with Gasteiger partial charge in [-0.3, -0.25) is 4.79 Å². The molecule has 0 bridgehead atoms. The molecule has 1 aromatic rings. The molecule has 0 fully saturated rings. The van der Waals surface area contributed by atoms with E-state index in [0.29, 0.717) is 19.6 Å². The molecular weight excluding hydrogens is 252 g/mol. The van der Waals surface area contributed by atoms with Crippen molar-refractivity contribution < 1.29 is 9.53 Å². The van der Waals surface area contributed by atoms with E-state index in [0.717, 1.165) is 11.3 Å². The van der Waals surface area contributed by atoms with Gasteiger partial charge in [-0.1, -0.05) is 18.2 Å². The second-order valence-corrected chi connectivity index (χ2v) is 5.12. The van der Waals surface area contributed by atoms with Gasteiger partial charge < -0.3 is 15.4 Å². The number of carbonyl (C=O) groups is 1. The van der Waals surface area contributed by atoms with E-state index in [2.05, 4.69) is 23.6 Å². The summed E-state index contributed by atoms with van der Waals surface area (Å²) in [4.78, 5) is 11.6. The Balaban J connectivity index is 2.46. The summed E-state index contributed by atoms with van der Waals surface area (Å²) >= 11 is 0. The van der Waals surface area contributed by atoms with Gasteiger partial charge in [-0.05, 0) is 33.8 Å². The fourth-order valence-corrected chi connectivity index (χ4v) is 2.03. The third kappa shape index (κ3) is 5.61. The van der Waals surface area contributed by atoms with E-state index in [9.17, 15) is 4.79 Å². The van der Waals surface area contributed by atoms with Crippen LogP contribution in [0.5, 0.6) is 5.75 Å². The molecule has 0 aromatic heterocycles. The highest BCUT2D eigenvalue weighted by molar-refractivity contribution is 5.76. The van der Waals surface area contributed by atoms with Crippen LogP contribution in [0.25, 0.3) is 0 Å². The van der Waals surface area contributed by atoms with Crippen molar-refractivity contribution in [2.24, 2.45) is 0 Å². The topological polar surface area (TPSA) is 50.4 Å². The molecule has 1 atom stereocenters. The molecule has 4 heteroatoms. The molecule has 0 saturated carbocycles. The summed E-state index contributed by atoms with van der Waals surface area (Å²) in [5.74, 6) is 0.986. The van der Waals surface area contributed by atoms with Crippen molar-refractivity contribution in [1.82, 2.24) is 10.6 Å². The summed E-state index contributed by atoms with van der Waals surface area (Å²) in [5.41, 5.74) is 1.12. The van der Waals surface area contributed by atoms with Gasteiger partial charge in [0.05, 0.1) is 6.61 Å². The number of nitrogens with one attached hydrogen (secondary N) is 2. The lowest BCUT2D eigenvalue weighted by Crippen LogP contribution is -2.33. The minimum Gasteiger partial charge on any atom is -0.494 e. The Hall–Kier alpha value is -1.55. The lowest BCUT2D eigenvalue weighted by Gasteiger charge is -2.18. The highest BCUT2D eigenvalue weighted by Crippen LogP contribution is 2.24. The van der Waals surface area contributed by atoms with Gasteiger partial charge in [-0.25, -0.2) is 0 Å². The van der Waals surface area contributed by atoms with Crippen LogP contribution >= 0.6 is 0 Å². The van der Waals surface area contributed by atoms with E-state index >= 15 is 0 Å². The van der Waals surface area contributed by atoms with Gasteiger partial charge in [-0.15, -0.1) is 0 Å². The number of hydrogen-bond acceptors (Lipinski definition) is 3. The molecule has 1 rings (SSSR count). The Bertz CT molecular complexity index is 419. The zero-order valence-electron chi connectivity index (χ0n) is 12.9. The Morgan fingerprint density at radius 2 is 1.95 bits per heavy atom. The predicted molar refractivity (Wildman–Crippen MR) is 81.9 cm³/mol. The first-order chi connectivity index (χ1) is 9.54. The van der Waals surface area contributed by atoms with Gasteiger partial charge in [0.25, 0.3) is 0 Å². The smallest absolute Gasteiger partial charge is 0.221 e. The van der Waals surface area contributed by atoms with Crippen LogP contribution in [0.1, 0.15) is 45.7 Å². The van der Waals surface area contributed by atoms with Crippen LogP contribution in [0.4, 0.5) is 0 Å². The van der Waals surface area contributed by atoms with Gasteiger partial charge in [0, 0.05) is 30.6 Å². The zero-order chi connectivity index (χ0) is 15.0. The Morgan fingerprint density at radius 3 is 2.60 bits per heavy atom. The van der Waals surface area contributed by atoms with Gasteiger partial charge >= 0.3 is 0 Å². The SMILES string of the molecule is CCOc1ccccc1C(C)NCCC(=O)NC(C)C. The van der Waals surface area contributed by atoms with Crippen LogP contribution in [0.2, 0.25) is 0 Å². The predicted octanol–water partition coefficient (Wildman–Crippen LogP) is 2.65. The van der Waals surface area contributed by atoms with Crippen LogP contribution in [-0.2, 0) is 4.79 Å². The summed E-state index contributed by atoms with van der Waals surface area (Å²) in [7, 11) is 0. The maximum atomic E-state index is 11.6. The standard InChI is InChI=1S/C16H26N2O2/c1-5-20-15-9-7-6-8-14(15)13(4)17-11-10-16(19)18-12(2)3/h6-9,12-13,17H,5,10-11H2,1-4H3,(H,18,19). The lowest BCUT2D eigenvalue weighted by molar-refractivity contribution is -0.121. The van der Waals surface area contributed by atoms with E-state index in [-0.39, 0.29) is 18.0 Å². The summed E-state index contributed by atoms with van der Waals surface area (Å²) in [5, 5.41) is 6.25. The van der Waals surface area contributed by atoms with Gasteiger partial charge in [-0.2, -0.15) is 0 Å². The summed E-state index contributed by atoms with van der Waals surface area (Å²) < 4.78 is 5.62. The number of para-hydroxylation sites is 1. The molecule has 0 heterocycles. The molecule has 0 aliphatic rings. The minimum atomic E-state index is 0.0813. The largest absolute Gasteiger partial charge is 0.494 e. The van der Waals surface area contributed by atoms with E-state index in [1.54, 1.807) is 0 Å². The number of ether oxygens (including phenoxy) is 1. The second kappa shape index (κ2) is 8.59. The highest BCUT2D eigenvalue weighted by atomic mass is 16.5. The van der Waals surface area contributed by atoms with E-state index in [1.165, 1.54) is 0 Å². The van der Waals surface area contributed by atoms with Crippen LogP contribution in [0.3, 0.4) is 0 Å². The molecule has 4 nitrogen and oxygen atoms in total. The van der Waals surface area contributed by atoms with Crippen molar-refractivity contribution in [3.05, 3.63) is 29.8 Å². The second-order valence-electron chi connectivity index (χ2n) is 5.12. The zero-order valence-corrected chi connectivity index (χ0v) is 12.9. The van der Waals surface area contributed by atoms with Crippen molar-refractivity contribution >= 4 is 5.91 Å². The first kappa shape index (κ1) is 16.5. The maximum Gasteiger partial charge on any atom is 0.221 e. The molecule has 0 aliphatic carbocycles. The quantitative estimate of drug-likeness (QED) is 0.768. The molecule has 0 saturated heterocycles. The summed E-state index contributed by atoms with van der Waals surface area (Å²) in [6, 6.07) is 8.35. The van der Waals surface area contributed by atoms with E-state index in [1.807, 2.05) is 39.0 Å². The van der Waals surface area contributed by atoms with Crippen LogP contribution < -0.4 is 15.4 Å². The van der Waals surface area contributed by atoms with Crippen molar-refractivity contribution in [2.75, 3.05) is 13.2 Å². The van der Waals surface area contributed by atoms with Crippen LogP contribution in [-0.4, -0.2) is 25.1 Å². The van der Waals surface area contributed by atoms with Gasteiger partial charge in [0.2, 0.25) is 5.91 Å². The van der Waals surface area contributed by atoms with Crippen molar-refractivity contribution in [2.45, 2.75) is 46.2 Å². The number of amides is 1. The molecule has 0 radical (unpaired) electrons. The van der Waals surface area contributed by atoms with Crippen molar-refractivity contribution in [3.63, 3.8) is 0 Å². The Labute approximate surface area is 121 Å². The molecule has 1 unspecified atom stereocenters. The molecule has 1 aromatic carbocycles. The first-order valence-electron chi connectivity index (χ1n) is 7.29. The van der Waals surface area contributed by atoms with E-state index in [4.69, 9.17) is 4.74 Å². The Kier molecular flexibility index (Phi) is 7.09. The molecule has 1 amide bonds. The number of rotatable bonds is 8. The molecular formula is C16H26N2O2. The molecule has 20 heavy (non-hydrogen) atoms. The average molecular weight is 278 g/mol. The van der Waals surface area contributed by atoms with Crippen LogP contribution in [0, 0.1) is 0 Å². The number of benzene rings is 1. The fourth-order valence-electron chi connectivity index (χ4n) is 2.03. The first-order valence-corrected chi connectivity index (χ1v) is 7.29. The highest BCUT2D eigenvalue weighted by Gasteiger charge is 2.11. The van der Waals surface area contributed by atoms with E-state index < -0.39 is 0 Å². The Morgan fingerprint density at radius 1 is 1.25 bits per heavy atom. The summed E-state index contributed by atoms with van der Waals surface area (Å²) in [6.07, 6.45) is 0.485. The normalized spacial score (nSPS) is 12.2. The number of carbonyl (C=O) groups excluding carboxylic acids is 1. The molecule has 0 spiro atoms. The third-order valence-electron chi connectivity index (χ3n) is 2.94. The van der Waals surface area contributed by atoms with Gasteiger partial charge in [0.1, 0.15) is 5.75 Å². The van der Waals surface area contributed by atoms with Crippen molar-refractivity contribution in [1.29, 1.82) is 0 Å². The monoisotopic (exact) mass is 278 g/mol. The third-order valence-corrected chi connectivity index (χ3v) is 2.94.